The fourth-order valence-corrected chi connectivity index (χ4v) is 12.4. The van der Waals surface area contributed by atoms with Gasteiger partial charge in [0.1, 0.15) is 5.82 Å². The molecule has 248 valence electrons. The van der Waals surface area contributed by atoms with Gasteiger partial charge in [-0.2, -0.15) is 5.10 Å². The Morgan fingerprint density at radius 3 is 2.29 bits per heavy atom. The number of aliphatic hydroxyl groups is 1. The van der Waals surface area contributed by atoms with Gasteiger partial charge in [-0.1, -0.05) is 46.8 Å². The van der Waals surface area contributed by atoms with E-state index in [2.05, 4.69) is 66.9 Å². The predicted molar refractivity (Wildman–Crippen MR) is 185 cm³/mol. The number of benzene rings is 1. The largest absolute Gasteiger partial charge is 0.393 e. The molecule has 5 nitrogen and oxygen atoms in total. The normalized spacial score (nSPS) is 45.4. The number of hydrogen-bond donors (Lipinski definition) is 3. The molecule has 0 unspecified atom stereocenters. The van der Waals surface area contributed by atoms with Gasteiger partial charge in [0.15, 0.2) is 5.11 Å². The molecule has 7 heteroatoms. The molecule has 6 rings (SSSR count). The van der Waals surface area contributed by atoms with Crippen LogP contribution in [0.2, 0.25) is 0 Å². The average molecular weight is 638 g/mol. The van der Waals surface area contributed by atoms with Gasteiger partial charge in [-0.3, -0.25) is 5.43 Å². The molecule has 1 aliphatic heterocycles. The molecule has 0 amide bonds. The van der Waals surface area contributed by atoms with Gasteiger partial charge in [0, 0.05) is 5.41 Å². The zero-order valence-corrected chi connectivity index (χ0v) is 29.6. The molecule has 0 bridgehead atoms. The molecule has 0 radical (unpaired) electrons. The first-order valence-electron chi connectivity index (χ1n) is 17.3. The molecule has 1 aromatic carbocycles. The fraction of sp³-hybridized carbons (Fsp3) is 0.737. The SMILES string of the molecule is CC1(C)CCC[C@](C)([C@H]2CC[C@]3(C)[C@@H]2[C@H](O)C[C@@H]2[C@@]4(C)CC(=C\c5ccc(F)cc5)/C(=N\NC(N)=S)C(C)(C)[C@@H]4CC[C@]23C)O1. The molecule has 1 saturated heterocycles. The molecule has 4 aliphatic carbocycles. The summed E-state index contributed by atoms with van der Waals surface area (Å²) in [5.74, 6) is 1.06. The Morgan fingerprint density at radius 2 is 1.64 bits per heavy atom. The van der Waals surface area contributed by atoms with Crippen LogP contribution >= 0.6 is 12.2 Å². The highest BCUT2D eigenvalue weighted by molar-refractivity contribution is 7.80. The number of fused-ring (bicyclic) bond motifs is 5. The molecule has 4 N–H and O–H groups in total. The van der Waals surface area contributed by atoms with Crippen molar-refractivity contribution in [1.82, 2.24) is 5.43 Å². The summed E-state index contributed by atoms with van der Waals surface area (Å²) in [6.45, 7) is 19.1. The quantitative estimate of drug-likeness (QED) is 0.229. The van der Waals surface area contributed by atoms with Crippen LogP contribution in [-0.4, -0.2) is 33.2 Å². The first-order valence-corrected chi connectivity index (χ1v) is 17.8. The van der Waals surface area contributed by atoms with E-state index in [-0.39, 0.29) is 55.8 Å². The molecular weight excluding hydrogens is 582 g/mol. The lowest BCUT2D eigenvalue weighted by molar-refractivity contribution is -0.243. The predicted octanol–water partition coefficient (Wildman–Crippen LogP) is 8.40. The van der Waals surface area contributed by atoms with Crippen LogP contribution in [0.3, 0.4) is 0 Å². The highest BCUT2D eigenvalue weighted by Crippen LogP contribution is 2.76. The summed E-state index contributed by atoms with van der Waals surface area (Å²) in [5, 5.41) is 17.3. The number of aliphatic hydroxyl groups excluding tert-OH is 1. The third kappa shape index (κ3) is 5.13. The zero-order valence-electron chi connectivity index (χ0n) is 28.8. The van der Waals surface area contributed by atoms with Gasteiger partial charge >= 0.3 is 0 Å². The van der Waals surface area contributed by atoms with E-state index >= 15 is 0 Å². The number of rotatable bonds is 3. The highest BCUT2D eigenvalue weighted by atomic mass is 32.1. The maximum atomic E-state index is 13.9. The maximum absolute atomic E-state index is 13.9. The fourth-order valence-electron chi connectivity index (χ4n) is 12.4. The zero-order chi connectivity index (χ0) is 32.8. The Bertz CT molecular complexity index is 1410. The second kappa shape index (κ2) is 10.8. The van der Waals surface area contributed by atoms with Crippen molar-refractivity contribution in [2.75, 3.05) is 0 Å². The van der Waals surface area contributed by atoms with Gasteiger partial charge in [0.25, 0.3) is 0 Å². The van der Waals surface area contributed by atoms with Gasteiger partial charge in [0.05, 0.1) is 23.0 Å². The minimum Gasteiger partial charge on any atom is -0.393 e. The molecular formula is C38H56FN3O2S. The summed E-state index contributed by atoms with van der Waals surface area (Å²) in [5.41, 5.74) is 11.3. The molecule has 1 heterocycles. The summed E-state index contributed by atoms with van der Waals surface area (Å²) >= 11 is 5.16. The average Bonchev–Trinajstić information content (AvgIpc) is 3.31. The number of allylic oxidation sites excluding steroid dienone is 1. The Balaban J connectivity index is 1.41. The van der Waals surface area contributed by atoms with Crippen molar-refractivity contribution >= 4 is 29.1 Å². The molecule has 0 spiro atoms. The number of nitrogens with zero attached hydrogens (tertiary/aromatic N) is 1. The Hall–Kier alpha value is -1.83. The maximum Gasteiger partial charge on any atom is 0.184 e. The van der Waals surface area contributed by atoms with Crippen molar-refractivity contribution in [3.8, 4) is 0 Å². The summed E-state index contributed by atoms with van der Waals surface area (Å²) in [6, 6.07) is 6.69. The number of nitrogens with one attached hydrogen (secondary N) is 1. The second-order valence-electron chi connectivity index (χ2n) is 17.5. The van der Waals surface area contributed by atoms with Crippen LogP contribution in [0, 0.1) is 51.1 Å². The second-order valence-corrected chi connectivity index (χ2v) is 18.0. The molecule has 5 fully saturated rings. The van der Waals surface area contributed by atoms with Gasteiger partial charge in [-0.05, 0) is 160 Å². The number of hydrazone groups is 1. The molecule has 45 heavy (non-hydrogen) atoms. The molecule has 4 saturated carbocycles. The number of thiocarbonyl (C=S) groups is 1. The van der Waals surface area contributed by atoms with E-state index in [0.29, 0.717) is 17.8 Å². The lowest BCUT2D eigenvalue weighted by Gasteiger charge is -2.70. The molecule has 5 aliphatic rings. The number of ether oxygens (including phenoxy) is 1. The van der Waals surface area contributed by atoms with E-state index in [0.717, 1.165) is 68.2 Å². The van der Waals surface area contributed by atoms with Crippen LogP contribution < -0.4 is 11.2 Å². The molecule has 1 aromatic rings. The van der Waals surface area contributed by atoms with Crippen LogP contribution in [-0.2, 0) is 4.74 Å². The Morgan fingerprint density at radius 1 is 0.978 bits per heavy atom. The third-order valence-corrected chi connectivity index (χ3v) is 14.3. The van der Waals surface area contributed by atoms with Gasteiger partial charge in [-0.25, -0.2) is 4.39 Å². The Labute approximate surface area is 276 Å². The number of hydrogen-bond acceptors (Lipinski definition) is 4. The van der Waals surface area contributed by atoms with E-state index in [1.807, 2.05) is 12.1 Å². The standard InChI is InChI=1S/C38H56FN3O2S/c1-33(2)16-9-17-38(8,44-33)26-14-18-37(7)30(26)27(43)21-29-35(5)22-24(20-23-10-12-25(39)13-11-23)31(41-42-32(40)45)34(3,4)28(35)15-19-36(29,37)6/h10-13,20,26-30,43H,9,14-19,21-22H2,1-8H3,(H3,40,42,45)/b24-20+,41-31+/t26-,27+,28-,29+,30-,35-,36+,37+,38+/m0/s1. The van der Waals surface area contributed by atoms with Crippen LogP contribution in [0.5, 0.6) is 0 Å². The third-order valence-electron chi connectivity index (χ3n) is 14.2. The monoisotopic (exact) mass is 637 g/mol. The lowest BCUT2D eigenvalue weighted by atomic mass is 9.34. The van der Waals surface area contributed by atoms with Crippen molar-refractivity contribution in [2.45, 2.75) is 130 Å². The molecule has 0 aromatic heterocycles. The van der Waals surface area contributed by atoms with Gasteiger partial charge < -0.3 is 15.6 Å². The van der Waals surface area contributed by atoms with Crippen LogP contribution in [0.25, 0.3) is 6.08 Å². The van der Waals surface area contributed by atoms with Crippen molar-refractivity contribution in [2.24, 2.45) is 56.2 Å². The van der Waals surface area contributed by atoms with E-state index < -0.39 is 0 Å². The summed E-state index contributed by atoms with van der Waals surface area (Å²) in [4.78, 5) is 0. The first kappa shape index (κ1) is 33.1. The van der Waals surface area contributed by atoms with Crippen molar-refractivity contribution in [1.29, 1.82) is 0 Å². The van der Waals surface area contributed by atoms with E-state index in [1.165, 1.54) is 18.6 Å². The first-order chi connectivity index (χ1) is 20.9. The topological polar surface area (TPSA) is 79.9 Å². The van der Waals surface area contributed by atoms with E-state index in [1.54, 1.807) is 0 Å². The van der Waals surface area contributed by atoms with Crippen LogP contribution in [0.4, 0.5) is 4.39 Å². The van der Waals surface area contributed by atoms with E-state index in [4.69, 9.17) is 27.8 Å². The number of halogens is 1. The summed E-state index contributed by atoms with van der Waals surface area (Å²) in [7, 11) is 0. The Kier molecular flexibility index (Phi) is 7.98. The van der Waals surface area contributed by atoms with Gasteiger partial charge in [-0.15, -0.1) is 0 Å². The number of nitrogens with two attached hydrogens (primary N) is 1. The highest BCUT2D eigenvalue weighted by Gasteiger charge is 2.72. The van der Waals surface area contributed by atoms with Gasteiger partial charge in [0.2, 0.25) is 0 Å². The van der Waals surface area contributed by atoms with Crippen molar-refractivity contribution in [3.63, 3.8) is 0 Å². The van der Waals surface area contributed by atoms with Crippen molar-refractivity contribution < 1.29 is 14.2 Å². The molecule has 9 atom stereocenters. The van der Waals surface area contributed by atoms with Crippen LogP contribution in [0.1, 0.15) is 119 Å². The van der Waals surface area contributed by atoms with Crippen LogP contribution in [0.15, 0.2) is 34.9 Å². The van der Waals surface area contributed by atoms with Crippen molar-refractivity contribution in [3.05, 3.63) is 41.2 Å². The van der Waals surface area contributed by atoms with E-state index in [9.17, 15) is 9.50 Å². The summed E-state index contributed by atoms with van der Waals surface area (Å²) in [6.07, 6.45) is 11.3. The lowest BCUT2D eigenvalue weighted by Crippen LogP contribution is -2.66. The smallest absolute Gasteiger partial charge is 0.184 e. The minimum absolute atomic E-state index is 0.0224. The minimum atomic E-state index is -0.361. The summed E-state index contributed by atoms with van der Waals surface area (Å²) < 4.78 is 20.8.